The number of carbonyl (C=O) groups excluding carboxylic acids is 1. The summed E-state index contributed by atoms with van der Waals surface area (Å²) in [6.45, 7) is 0.992. The smallest absolute Gasteiger partial charge is 0.414 e. The minimum atomic E-state index is -0.438. The molecule has 0 bridgehead atoms. The van der Waals surface area contributed by atoms with E-state index in [0.717, 1.165) is 10.5 Å². The first kappa shape index (κ1) is 16.8. The van der Waals surface area contributed by atoms with Crippen molar-refractivity contribution in [1.82, 2.24) is 5.32 Å². The van der Waals surface area contributed by atoms with Gasteiger partial charge in [-0.1, -0.05) is 12.1 Å². The summed E-state index contributed by atoms with van der Waals surface area (Å²) >= 11 is 1.64. The maximum atomic E-state index is 14.5. The van der Waals surface area contributed by atoms with Gasteiger partial charge in [0.05, 0.1) is 12.2 Å². The van der Waals surface area contributed by atoms with Crippen molar-refractivity contribution in [2.45, 2.75) is 11.0 Å². The highest BCUT2D eigenvalue weighted by Crippen LogP contribution is 2.30. The maximum Gasteiger partial charge on any atom is 0.414 e. The number of nitrogens with one attached hydrogen (secondary N) is 1. The molecule has 6 heteroatoms. The molecule has 1 saturated heterocycles. The van der Waals surface area contributed by atoms with E-state index in [1.54, 1.807) is 30.9 Å². The van der Waals surface area contributed by atoms with Crippen LogP contribution >= 0.6 is 11.8 Å². The standard InChI is InChI=1S/C18H19FN2O2S/c1-20-10-14-11-21(18(22)23-14)13-5-8-16(17(19)9-13)12-3-6-15(24-2)7-4-12/h3-9,14,20H,10-11H2,1-2H3. The van der Waals surface area contributed by atoms with Crippen LogP contribution in [0.25, 0.3) is 11.1 Å². The lowest BCUT2D eigenvalue weighted by Gasteiger charge is -2.14. The normalized spacial score (nSPS) is 17.2. The van der Waals surface area contributed by atoms with Crippen LogP contribution in [0.5, 0.6) is 0 Å². The summed E-state index contributed by atoms with van der Waals surface area (Å²) in [7, 11) is 1.80. The van der Waals surface area contributed by atoms with Crippen molar-refractivity contribution in [2.24, 2.45) is 0 Å². The number of cyclic esters (lactones) is 1. The summed E-state index contributed by atoms with van der Waals surface area (Å²) < 4.78 is 19.8. The first-order valence-electron chi connectivity index (χ1n) is 7.69. The minimum Gasteiger partial charge on any atom is -0.443 e. The van der Waals surface area contributed by atoms with E-state index in [9.17, 15) is 9.18 Å². The minimum absolute atomic E-state index is 0.218. The third-order valence-electron chi connectivity index (χ3n) is 3.97. The Morgan fingerprint density at radius 3 is 2.67 bits per heavy atom. The number of carbonyl (C=O) groups is 1. The first-order valence-corrected chi connectivity index (χ1v) is 8.91. The van der Waals surface area contributed by atoms with Gasteiger partial charge in [-0.2, -0.15) is 0 Å². The zero-order valence-electron chi connectivity index (χ0n) is 13.6. The van der Waals surface area contributed by atoms with E-state index in [0.29, 0.717) is 24.3 Å². The van der Waals surface area contributed by atoms with Crippen LogP contribution in [0.3, 0.4) is 0 Å². The third-order valence-corrected chi connectivity index (χ3v) is 4.71. The maximum absolute atomic E-state index is 14.5. The Balaban J connectivity index is 1.83. The summed E-state index contributed by atoms with van der Waals surface area (Å²) in [4.78, 5) is 14.5. The fourth-order valence-electron chi connectivity index (χ4n) is 2.74. The van der Waals surface area contributed by atoms with Crippen molar-refractivity contribution in [3.63, 3.8) is 0 Å². The zero-order chi connectivity index (χ0) is 17.1. The number of rotatable bonds is 5. The molecule has 1 amide bonds. The highest BCUT2D eigenvalue weighted by atomic mass is 32.2. The van der Waals surface area contributed by atoms with Gasteiger partial charge in [0.2, 0.25) is 0 Å². The zero-order valence-corrected chi connectivity index (χ0v) is 14.4. The van der Waals surface area contributed by atoms with Gasteiger partial charge >= 0.3 is 6.09 Å². The van der Waals surface area contributed by atoms with Crippen LogP contribution < -0.4 is 10.2 Å². The van der Waals surface area contributed by atoms with Crippen LogP contribution in [0.2, 0.25) is 0 Å². The lowest BCUT2D eigenvalue weighted by atomic mass is 10.0. The summed E-state index contributed by atoms with van der Waals surface area (Å²) in [5.74, 6) is -0.353. The molecule has 0 aromatic heterocycles. The summed E-state index contributed by atoms with van der Waals surface area (Å²) in [6.07, 6.45) is 1.34. The molecule has 1 fully saturated rings. The summed E-state index contributed by atoms with van der Waals surface area (Å²) in [5, 5.41) is 2.97. The molecule has 3 rings (SSSR count). The van der Waals surface area contributed by atoms with Crippen molar-refractivity contribution < 1.29 is 13.9 Å². The number of anilines is 1. The molecule has 0 aliphatic carbocycles. The number of likely N-dealkylation sites (N-methyl/N-ethyl adjacent to an activating group) is 1. The van der Waals surface area contributed by atoms with Crippen LogP contribution in [0, 0.1) is 5.82 Å². The predicted octanol–water partition coefficient (Wildman–Crippen LogP) is 3.76. The largest absolute Gasteiger partial charge is 0.443 e. The number of hydrogen-bond donors (Lipinski definition) is 1. The van der Waals surface area contributed by atoms with E-state index in [4.69, 9.17) is 4.74 Å². The first-order chi connectivity index (χ1) is 11.6. The van der Waals surface area contributed by atoms with Gasteiger partial charge in [0, 0.05) is 17.0 Å². The van der Waals surface area contributed by atoms with Gasteiger partial charge in [-0.25, -0.2) is 9.18 Å². The molecule has 126 valence electrons. The Morgan fingerprint density at radius 1 is 1.29 bits per heavy atom. The van der Waals surface area contributed by atoms with Crippen molar-refractivity contribution in [1.29, 1.82) is 0 Å². The molecule has 2 aromatic rings. The Kier molecular flexibility index (Phi) is 5.06. The van der Waals surface area contributed by atoms with E-state index in [1.807, 2.05) is 30.5 Å². The van der Waals surface area contributed by atoms with Gasteiger partial charge in [-0.15, -0.1) is 11.8 Å². The molecular weight excluding hydrogens is 327 g/mol. The van der Waals surface area contributed by atoms with Crippen molar-refractivity contribution in [3.05, 3.63) is 48.3 Å². The average Bonchev–Trinajstić information content (AvgIpc) is 2.96. The Labute approximate surface area is 145 Å². The van der Waals surface area contributed by atoms with E-state index >= 15 is 0 Å². The topological polar surface area (TPSA) is 41.6 Å². The molecule has 2 aromatic carbocycles. The Morgan fingerprint density at radius 2 is 2.04 bits per heavy atom. The highest BCUT2D eigenvalue weighted by Gasteiger charge is 2.32. The van der Waals surface area contributed by atoms with Crippen LogP contribution in [0.1, 0.15) is 0 Å². The molecule has 1 heterocycles. The fourth-order valence-corrected chi connectivity index (χ4v) is 3.15. The monoisotopic (exact) mass is 346 g/mol. The Bertz CT molecular complexity index is 736. The van der Waals surface area contributed by atoms with Crippen molar-refractivity contribution in [2.75, 3.05) is 31.3 Å². The number of ether oxygens (including phenoxy) is 1. The number of halogens is 1. The van der Waals surface area contributed by atoms with E-state index < -0.39 is 6.09 Å². The van der Waals surface area contributed by atoms with Crippen LogP contribution in [0.15, 0.2) is 47.4 Å². The molecule has 1 aliphatic heterocycles. The van der Waals surface area contributed by atoms with Gasteiger partial charge in [0.1, 0.15) is 11.9 Å². The van der Waals surface area contributed by atoms with Gasteiger partial charge in [0.25, 0.3) is 0 Å². The molecule has 1 atom stereocenters. The van der Waals surface area contributed by atoms with Gasteiger partial charge in [-0.3, -0.25) is 4.90 Å². The highest BCUT2D eigenvalue weighted by molar-refractivity contribution is 7.98. The molecular formula is C18H19FN2O2S. The molecule has 1 aliphatic rings. The number of thioether (sulfide) groups is 1. The third kappa shape index (κ3) is 3.39. The molecule has 4 nitrogen and oxygen atoms in total. The Hall–Kier alpha value is -2.05. The molecule has 1 N–H and O–H groups in total. The van der Waals surface area contributed by atoms with Gasteiger partial charge < -0.3 is 10.1 Å². The van der Waals surface area contributed by atoms with E-state index in [-0.39, 0.29) is 11.9 Å². The quantitative estimate of drug-likeness (QED) is 0.837. The summed E-state index contributed by atoms with van der Waals surface area (Å²) in [5.41, 5.74) is 1.85. The van der Waals surface area contributed by atoms with Crippen LogP contribution in [-0.2, 0) is 4.74 Å². The van der Waals surface area contributed by atoms with Crippen molar-refractivity contribution in [3.8, 4) is 11.1 Å². The lowest BCUT2D eigenvalue weighted by Crippen LogP contribution is -2.29. The molecule has 0 spiro atoms. The van der Waals surface area contributed by atoms with E-state index in [2.05, 4.69) is 5.32 Å². The van der Waals surface area contributed by atoms with Gasteiger partial charge in [0.15, 0.2) is 0 Å². The molecule has 24 heavy (non-hydrogen) atoms. The number of amides is 1. The second kappa shape index (κ2) is 7.23. The molecule has 0 saturated carbocycles. The number of benzene rings is 2. The fraction of sp³-hybridized carbons (Fsp3) is 0.278. The lowest BCUT2D eigenvalue weighted by molar-refractivity contribution is 0.141. The van der Waals surface area contributed by atoms with E-state index in [1.165, 1.54) is 11.0 Å². The predicted molar refractivity (Wildman–Crippen MR) is 95.2 cm³/mol. The SMILES string of the molecule is CNCC1CN(c2ccc(-c3ccc(SC)cc3)c(F)c2)C(=O)O1. The van der Waals surface area contributed by atoms with Crippen LogP contribution in [0.4, 0.5) is 14.9 Å². The number of hydrogen-bond acceptors (Lipinski definition) is 4. The van der Waals surface area contributed by atoms with Crippen LogP contribution in [-0.4, -0.2) is 38.6 Å². The van der Waals surface area contributed by atoms with Gasteiger partial charge in [-0.05, 0) is 49.2 Å². The second-order valence-corrected chi connectivity index (χ2v) is 6.45. The second-order valence-electron chi connectivity index (χ2n) is 5.57. The average molecular weight is 346 g/mol. The number of nitrogens with zero attached hydrogens (tertiary/aromatic N) is 1. The summed E-state index contributed by atoms with van der Waals surface area (Å²) in [6, 6.07) is 12.6. The molecule has 1 unspecified atom stereocenters. The molecule has 0 radical (unpaired) electrons. The van der Waals surface area contributed by atoms with Crippen molar-refractivity contribution >= 4 is 23.5 Å².